The summed E-state index contributed by atoms with van der Waals surface area (Å²) in [4.78, 5) is 30.8. The van der Waals surface area contributed by atoms with E-state index in [1.807, 2.05) is 65.6 Å². The van der Waals surface area contributed by atoms with Gasteiger partial charge in [-0.3, -0.25) is 14.9 Å². The van der Waals surface area contributed by atoms with Crippen LogP contribution in [0.15, 0.2) is 72.8 Å². The van der Waals surface area contributed by atoms with Crippen LogP contribution in [0.25, 0.3) is 0 Å². The topological polar surface area (TPSA) is 79.2 Å². The number of piperazine rings is 1. The summed E-state index contributed by atoms with van der Waals surface area (Å²) in [6, 6.07) is 22.7. The van der Waals surface area contributed by atoms with E-state index in [2.05, 4.69) is 9.80 Å². The van der Waals surface area contributed by atoms with Gasteiger partial charge in [-0.2, -0.15) is 0 Å². The predicted molar refractivity (Wildman–Crippen MR) is 144 cm³/mol. The van der Waals surface area contributed by atoms with Gasteiger partial charge in [-0.25, -0.2) is 0 Å². The van der Waals surface area contributed by atoms with E-state index in [9.17, 15) is 14.9 Å². The van der Waals surface area contributed by atoms with Crippen LogP contribution in [0.4, 0.5) is 17.1 Å². The Hall–Kier alpha value is -4.07. The van der Waals surface area contributed by atoms with Gasteiger partial charge >= 0.3 is 0 Å². The number of anilines is 2. The molecule has 0 saturated carbocycles. The summed E-state index contributed by atoms with van der Waals surface area (Å²) < 4.78 is 5.90. The van der Waals surface area contributed by atoms with Crippen molar-refractivity contribution in [2.24, 2.45) is 0 Å². The first-order valence-electron chi connectivity index (χ1n) is 12.9. The van der Waals surface area contributed by atoms with Crippen molar-refractivity contribution in [3.05, 3.63) is 94.0 Å². The van der Waals surface area contributed by atoms with E-state index in [1.54, 1.807) is 12.1 Å². The summed E-state index contributed by atoms with van der Waals surface area (Å²) in [6.45, 7) is 4.67. The number of hydrogen-bond acceptors (Lipinski definition) is 6. The Labute approximate surface area is 217 Å². The van der Waals surface area contributed by atoms with E-state index in [0.29, 0.717) is 49.8 Å². The quantitative estimate of drug-likeness (QED) is 0.331. The first kappa shape index (κ1) is 24.6. The number of nitro groups is 1. The molecular formula is C29H32N4O4. The number of nitrogens with zero attached hydrogens (tertiary/aromatic N) is 4. The molecule has 3 aromatic rings. The van der Waals surface area contributed by atoms with Gasteiger partial charge in [0.25, 0.3) is 11.6 Å². The van der Waals surface area contributed by atoms with E-state index in [-0.39, 0.29) is 16.5 Å². The largest absolute Gasteiger partial charge is 0.489 e. The van der Waals surface area contributed by atoms with Gasteiger partial charge in [0.15, 0.2) is 0 Å². The Kier molecular flexibility index (Phi) is 7.54. The summed E-state index contributed by atoms with van der Waals surface area (Å²) >= 11 is 0. The maximum atomic E-state index is 13.2. The molecule has 8 heteroatoms. The van der Waals surface area contributed by atoms with Crippen molar-refractivity contribution in [3.8, 4) is 5.75 Å². The minimum atomic E-state index is -0.290. The van der Waals surface area contributed by atoms with Gasteiger partial charge in [-0.05, 0) is 55.2 Å². The zero-order valence-corrected chi connectivity index (χ0v) is 20.9. The van der Waals surface area contributed by atoms with Crippen molar-refractivity contribution in [1.29, 1.82) is 0 Å². The van der Waals surface area contributed by atoms with E-state index in [0.717, 1.165) is 37.2 Å². The maximum absolute atomic E-state index is 13.2. The van der Waals surface area contributed by atoms with Crippen molar-refractivity contribution in [2.45, 2.75) is 25.9 Å². The molecule has 1 amide bonds. The number of nitro benzene ring substituents is 1. The predicted octanol–water partition coefficient (Wildman–Crippen LogP) is 5.13. The Balaban J connectivity index is 1.22. The molecule has 2 aliphatic heterocycles. The zero-order valence-electron chi connectivity index (χ0n) is 20.9. The first-order valence-corrected chi connectivity index (χ1v) is 12.9. The average Bonchev–Trinajstić information content (AvgIpc) is 2.96. The molecule has 0 unspecified atom stereocenters. The second-order valence-corrected chi connectivity index (χ2v) is 9.56. The van der Waals surface area contributed by atoms with Crippen molar-refractivity contribution < 1.29 is 14.5 Å². The lowest BCUT2D eigenvalue weighted by Gasteiger charge is -2.37. The third-order valence-corrected chi connectivity index (χ3v) is 7.11. The molecule has 2 aliphatic rings. The molecule has 0 aliphatic carbocycles. The van der Waals surface area contributed by atoms with Gasteiger partial charge in [0.05, 0.1) is 4.92 Å². The summed E-state index contributed by atoms with van der Waals surface area (Å²) in [6.07, 6.45) is 3.28. The monoisotopic (exact) mass is 500 g/mol. The highest BCUT2D eigenvalue weighted by molar-refractivity contribution is 5.94. The molecule has 192 valence electrons. The summed E-state index contributed by atoms with van der Waals surface area (Å²) in [5.41, 5.74) is 3.52. The lowest BCUT2D eigenvalue weighted by atomic mass is 10.1. The minimum Gasteiger partial charge on any atom is -0.489 e. The van der Waals surface area contributed by atoms with Crippen LogP contribution in [0.3, 0.4) is 0 Å². The second kappa shape index (κ2) is 11.3. The number of carbonyl (C=O) groups excluding carboxylic acids is 1. The van der Waals surface area contributed by atoms with Crippen LogP contribution >= 0.6 is 0 Å². The molecule has 3 aromatic carbocycles. The Morgan fingerprint density at radius 3 is 2.30 bits per heavy atom. The van der Waals surface area contributed by atoms with Crippen LogP contribution in [0.1, 0.15) is 35.2 Å². The number of ether oxygens (including phenoxy) is 1. The molecule has 37 heavy (non-hydrogen) atoms. The number of hydrogen-bond donors (Lipinski definition) is 0. The Morgan fingerprint density at radius 2 is 1.57 bits per heavy atom. The summed E-state index contributed by atoms with van der Waals surface area (Å²) in [7, 11) is 0. The molecule has 5 rings (SSSR count). The highest BCUT2D eigenvalue weighted by Gasteiger charge is 2.26. The fourth-order valence-corrected chi connectivity index (χ4v) is 5.06. The van der Waals surface area contributed by atoms with Crippen LogP contribution in [0, 0.1) is 10.1 Å². The van der Waals surface area contributed by atoms with Gasteiger partial charge in [0.1, 0.15) is 18.0 Å². The van der Waals surface area contributed by atoms with E-state index in [4.69, 9.17) is 4.74 Å². The van der Waals surface area contributed by atoms with E-state index in [1.165, 1.54) is 6.42 Å². The molecule has 0 atom stereocenters. The molecule has 0 N–H and O–H groups in total. The van der Waals surface area contributed by atoms with Gasteiger partial charge in [0, 0.05) is 56.6 Å². The van der Waals surface area contributed by atoms with Crippen molar-refractivity contribution in [3.63, 3.8) is 0 Å². The molecule has 2 heterocycles. The van der Waals surface area contributed by atoms with Gasteiger partial charge in [-0.15, -0.1) is 0 Å². The van der Waals surface area contributed by atoms with Crippen LogP contribution < -0.4 is 14.5 Å². The highest BCUT2D eigenvalue weighted by atomic mass is 16.6. The normalized spacial score (nSPS) is 15.9. The SMILES string of the molecule is O=C(c1cccc(OCc2ccccc2)c1)N1CCN(c2ccc([N+](=O)[O-])c(N3CCCCC3)c2)CC1. The zero-order chi connectivity index (χ0) is 25.6. The minimum absolute atomic E-state index is 0.0116. The maximum Gasteiger partial charge on any atom is 0.292 e. The fourth-order valence-electron chi connectivity index (χ4n) is 5.06. The Morgan fingerprint density at radius 1 is 0.811 bits per heavy atom. The average molecular weight is 501 g/mol. The standard InChI is InChI=1S/C29H32N4O4/c34-29(24-10-7-11-26(20-24)37-22-23-8-3-1-4-9-23)32-18-16-30(17-19-32)25-12-13-27(33(35)36)28(21-25)31-14-5-2-6-15-31/h1,3-4,7-13,20-21H,2,5-6,14-19,22H2. The lowest BCUT2D eigenvalue weighted by molar-refractivity contribution is -0.384. The summed E-state index contributed by atoms with van der Waals surface area (Å²) in [5, 5.41) is 11.7. The third kappa shape index (κ3) is 5.85. The van der Waals surface area contributed by atoms with Crippen molar-refractivity contribution >= 4 is 23.0 Å². The highest BCUT2D eigenvalue weighted by Crippen LogP contribution is 2.34. The molecular weight excluding hydrogens is 468 g/mol. The van der Waals surface area contributed by atoms with Crippen LogP contribution in [-0.4, -0.2) is 55.0 Å². The fraction of sp³-hybridized carbons (Fsp3) is 0.345. The molecule has 0 aromatic heterocycles. The van der Waals surface area contributed by atoms with Crippen molar-refractivity contribution in [2.75, 3.05) is 49.1 Å². The van der Waals surface area contributed by atoms with Gasteiger partial charge in [-0.1, -0.05) is 36.4 Å². The third-order valence-electron chi connectivity index (χ3n) is 7.11. The molecule has 0 bridgehead atoms. The number of piperidine rings is 1. The lowest BCUT2D eigenvalue weighted by Crippen LogP contribution is -2.48. The number of benzene rings is 3. The number of amides is 1. The van der Waals surface area contributed by atoms with Crippen LogP contribution in [0.5, 0.6) is 5.75 Å². The second-order valence-electron chi connectivity index (χ2n) is 9.56. The van der Waals surface area contributed by atoms with Crippen LogP contribution in [-0.2, 0) is 6.61 Å². The van der Waals surface area contributed by atoms with Crippen molar-refractivity contribution in [1.82, 2.24) is 4.90 Å². The molecule has 0 spiro atoms. The number of rotatable bonds is 7. The Bertz CT molecular complexity index is 1240. The molecule has 2 fully saturated rings. The molecule has 8 nitrogen and oxygen atoms in total. The van der Waals surface area contributed by atoms with Gasteiger partial charge in [0.2, 0.25) is 0 Å². The first-order chi connectivity index (χ1) is 18.1. The summed E-state index contributed by atoms with van der Waals surface area (Å²) in [5.74, 6) is 0.659. The smallest absolute Gasteiger partial charge is 0.292 e. The molecule has 0 radical (unpaired) electrons. The van der Waals surface area contributed by atoms with Gasteiger partial charge < -0.3 is 19.4 Å². The number of carbonyl (C=O) groups is 1. The van der Waals surface area contributed by atoms with E-state index < -0.39 is 0 Å². The molecule has 2 saturated heterocycles. The van der Waals surface area contributed by atoms with Crippen LogP contribution in [0.2, 0.25) is 0 Å². The van der Waals surface area contributed by atoms with E-state index >= 15 is 0 Å².